The third-order valence-electron chi connectivity index (χ3n) is 2.89. The predicted octanol–water partition coefficient (Wildman–Crippen LogP) is 2.22. The van der Waals surface area contributed by atoms with E-state index in [9.17, 15) is 13.2 Å². The Kier molecular flexibility index (Phi) is 5.56. The van der Waals surface area contributed by atoms with E-state index in [1.54, 1.807) is 32.9 Å². The van der Waals surface area contributed by atoms with Crippen LogP contribution in [0.15, 0.2) is 23.1 Å². The molecule has 5 nitrogen and oxygen atoms in total. The predicted molar refractivity (Wildman–Crippen MR) is 77.2 cm³/mol. The van der Waals surface area contributed by atoms with Gasteiger partial charge < -0.3 is 4.74 Å². The van der Waals surface area contributed by atoms with E-state index < -0.39 is 16.0 Å². The van der Waals surface area contributed by atoms with E-state index in [-0.39, 0.29) is 17.5 Å². The number of halogens is 1. The van der Waals surface area contributed by atoms with Gasteiger partial charge >= 0.3 is 5.97 Å². The largest absolute Gasteiger partial charge is 0.468 e. The van der Waals surface area contributed by atoms with Crippen molar-refractivity contribution in [2.45, 2.75) is 31.7 Å². The first-order valence-electron chi connectivity index (χ1n) is 6.05. The van der Waals surface area contributed by atoms with E-state index in [1.807, 2.05) is 0 Å². The van der Waals surface area contributed by atoms with Crippen LogP contribution in [-0.4, -0.2) is 38.4 Å². The number of ether oxygens (including phenoxy) is 1. The van der Waals surface area contributed by atoms with E-state index in [0.717, 1.165) is 4.31 Å². The second-order valence-electron chi connectivity index (χ2n) is 4.58. The lowest BCUT2D eigenvalue weighted by Crippen LogP contribution is -2.41. The molecule has 0 aliphatic heterocycles. The summed E-state index contributed by atoms with van der Waals surface area (Å²) in [7, 11) is -2.59. The van der Waals surface area contributed by atoms with Crippen molar-refractivity contribution in [1.82, 2.24) is 4.31 Å². The Bertz CT molecular complexity index is 598. The van der Waals surface area contributed by atoms with Gasteiger partial charge in [0.15, 0.2) is 0 Å². The Hall–Kier alpha value is -1.11. The van der Waals surface area contributed by atoms with Crippen LogP contribution in [-0.2, 0) is 19.6 Å². The van der Waals surface area contributed by atoms with Crippen molar-refractivity contribution >= 4 is 27.6 Å². The molecule has 0 aliphatic carbocycles. The van der Waals surface area contributed by atoms with E-state index in [1.165, 1.54) is 13.2 Å². The zero-order valence-corrected chi connectivity index (χ0v) is 13.5. The first-order chi connectivity index (χ1) is 9.21. The molecule has 0 saturated heterocycles. The van der Waals surface area contributed by atoms with Gasteiger partial charge in [0, 0.05) is 11.1 Å². The van der Waals surface area contributed by atoms with Crippen LogP contribution < -0.4 is 0 Å². The summed E-state index contributed by atoms with van der Waals surface area (Å²) in [5.74, 6) is -0.609. The van der Waals surface area contributed by atoms with Gasteiger partial charge in [-0.05, 0) is 38.5 Å². The lowest BCUT2D eigenvalue weighted by Gasteiger charge is -2.25. The van der Waals surface area contributed by atoms with Gasteiger partial charge in [-0.25, -0.2) is 8.42 Å². The van der Waals surface area contributed by atoms with Crippen molar-refractivity contribution < 1.29 is 17.9 Å². The highest BCUT2D eigenvalue weighted by molar-refractivity contribution is 7.89. The highest BCUT2D eigenvalue weighted by Gasteiger charge is 2.30. The number of nitrogens with zero attached hydrogens (tertiary/aromatic N) is 1. The molecule has 0 fully saturated rings. The van der Waals surface area contributed by atoms with Gasteiger partial charge in [-0.1, -0.05) is 17.7 Å². The first-order valence-corrected chi connectivity index (χ1v) is 7.87. The fourth-order valence-corrected chi connectivity index (χ4v) is 3.79. The Morgan fingerprint density at radius 2 is 2.00 bits per heavy atom. The van der Waals surface area contributed by atoms with Crippen LogP contribution in [0.25, 0.3) is 0 Å². The number of esters is 1. The minimum Gasteiger partial charge on any atom is -0.468 e. The van der Waals surface area contributed by atoms with Crippen LogP contribution in [0, 0.1) is 6.92 Å². The van der Waals surface area contributed by atoms with Crippen molar-refractivity contribution in [3.63, 3.8) is 0 Å². The van der Waals surface area contributed by atoms with E-state index in [2.05, 4.69) is 4.74 Å². The van der Waals surface area contributed by atoms with Crippen LogP contribution in [0.5, 0.6) is 0 Å². The Morgan fingerprint density at radius 3 is 2.50 bits per heavy atom. The van der Waals surface area contributed by atoms with Crippen molar-refractivity contribution in [2.24, 2.45) is 0 Å². The third-order valence-corrected chi connectivity index (χ3v) is 5.47. The molecule has 1 rings (SSSR count). The van der Waals surface area contributed by atoms with Crippen LogP contribution in [0.2, 0.25) is 5.02 Å². The van der Waals surface area contributed by atoms with Crippen molar-refractivity contribution in [1.29, 1.82) is 0 Å². The van der Waals surface area contributed by atoms with Gasteiger partial charge in [0.25, 0.3) is 0 Å². The van der Waals surface area contributed by atoms with Gasteiger partial charge in [-0.2, -0.15) is 4.31 Å². The number of hydrogen-bond acceptors (Lipinski definition) is 4. The summed E-state index contributed by atoms with van der Waals surface area (Å²) < 4.78 is 31.0. The first kappa shape index (κ1) is 16.9. The minimum atomic E-state index is -3.81. The second kappa shape index (κ2) is 6.56. The molecule has 0 unspecified atom stereocenters. The standard InChI is InChI=1S/C13H18ClNO4S/c1-9(2)15(8-13(16)19-4)20(17,18)12-7-5-6-11(14)10(12)3/h5-7,9H,8H2,1-4H3. The van der Waals surface area contributed by atoms with Crippen molar-refractivity contribution in [2.75, 3.05) is 13.7 Å². The van der Waals surface area contributed by atoms with Crippen LogP contribution in [0.1, 0.15) is 19.4 Å². The molecule has 0 radical (unpaired) electrons. The molecule has 0 spiro atoms. The molecule has 0 saturated carbocycles. The second-order valence-corrected chi connectivity index (χ2v) is 6.85. The molecular formula is C13H18ClNO4S. The van der Waals surface area contributed by atoms with E-state index >= 15 is 0 Å². The van der Waals surface area contributed by atoms with Crippen molar-refractivity contribution in [3.8, 4) is 0 Å². The Labute approximate surface area is 124 Å². The number of hydrogen-bond donors (Lipinski definition) is 0. The number of rotatable bonds is 5. The SMILES string of the molecule is COC(=O)CN(C(C)C)S(=O)(=O)c1cccc(Cl)c1C. The summed E-state index contributed by atoms with van der Waals surface area (Å²) in [5.41, 5.74) is 0.463. The molecule has 0 heterocycles. The summed E-state index contributed by atoms with van der Waals surface area (Å²) in [6.07, 6.45) is 0. The summed E-state index contributed by atoms with van der Waals surface area (Å²) in [4.78, 5) is 11.5. The van der Waals surface area contributed by atoms with Gasteiger partial charge in [-0.3, -0.25) is 4.79 Å². The zero-order valence-electron chi connectivity index (χ0n) is 11.9. The minimum absolute atomic E-state index is 0.0996. The van der Waals surface area contributed by atoms with Crippen molar-refractivity contribution in [3.05, 3.63) is 28.8 Å². The Morgan fingerprint density at radius 1 is 1.40 bits per heavy atom. The molecule has 0 amide bonds. The monoisotopic (exact) mass is 319 g/mol. The summed E-state index contributed by atoms with van der Waals surface area (Å²) in [6, 6.07) is 4.29. The molecule has 112 valence electrons. The lowest BCUT2D eigenvalue weighted by atomic mass is 10.2. The quantitative estimate of drug-likeness (QED) is 0.781. The van der Waals surface area contributed by atoms with Crippen LogP contribution >= 0.6 is 11.6 Å². The number of methoxy groups -OCH3 is 1. The molecule has 0 N–H and O–H groups in total. The topological polar surface area (TPSA) is 63.7 Å². The van der Waals surface area contributed by atoms with Gasteiger partial charge in [0.2, 0.25) is 10.0 Å². The highest BCUT2D eigenvalue weighted by atomic mass is 35.5. The smallest absolute Gasteiger partial charge is 0.321 e. The third kappa shape index (κ3) is 3.50. The molecule has 7 heteroatoms. The molecule has 0 atom stereocenters. The maximum Gasteiger partial charge on any atom is 0.321 e. The number of sulfonamides is 1. The van der Waals surface area contributed by atoms with Gasteiger partial charge in [0.1, 0.15) is 6.54 Å². The molecule has 0 aliphatic rings. The highest BCUT2D eigenvalue weighted by Crippen LogP contribution is 2.26. The maximum absolute atomic E-state index is 12.7. The number of carbonyl (C=O) groups is 1. The Balaban J connectivity index is 3.30. The zero-order chi connectivity index (χ0) is 15.5. The molecular weight excluding hydrogens is 302 g/mol. The van der Waals surface area contributed by atoms with Gasteiger partial charge in [-0.15, -0.1) is 0 Å². The van der Waals surface area contributed by atoms with Crippen LogP contribution in [0.3, 0.4) is 0 Å². The van der Waals surface area contributed by atoms with Crippen LogP contribution in [0.4, 0.5) is 0 Å². The normalized spacial score (nSPS) is 11.9. The fraction of sp³-hybridized carbons (Fsp3) is 0.462. The van der Waals surface area contributed by atoms with Gasteiger partial charge in [0.05, 0.1) is 12.0 Å². The summed E-state index contributed by atoms with van der Waals surface area (Å²) in [5, 5.41) is 0.368. The average Bonchev–Trinajstić information content (AvgIpc) is 2.37. The molecule has 1 aromatic carbocycles. The maximum atomic E-state index is 12.7. The van der Waals surface area contributed by atoms with E-state index in [4.69, 9.17) is 11.6 Å². The summed E-state index contributed by atoms with van der Waals surface area (Å²) in [6.45, 7) is 4.69. The average molecular weight is 320 g/mol. The number of carbonyl (C=O) groups excluding carboxylic acids is 1. The molecule has 0 bridgehead atoms. The fourth-order valence-electron chi connectivity index (χ4n) is 1.73. The number of benzene rings is 1. The molecule has 0 aromatic heterocycles. The molecule has 20 heavy (non-hydrogen) atoms. The summed E-state index contributed by atoms with van der Waals surface area (Å²) >= 11 is 5.96. The molecule has 1 aromatic rings. The lowest BCUT2D eigenvalue weighted by molar-refractivity contribution is -0.141. The van der Waals surface area contributed by atoms with E-state index in [0.29, 0.717) is 10.6 Å².